The molecule has 0 bridgehead atoms. The van der Waals surface area contributed by atoms with E-state index in [0.29, 0.717) is 80.0 Å². The maximum absolute atomic E-state index is 9.18. The van der Waals surface area contributed by atoms with Crippen LogP contribution in [-0.2, 0) is 0 Å². The van der Waals surface area contributed by atoms with Gasteiger partial charge < -0.3 is 11.1 Å². The van der Waals surface area contributed by atoms with Gasteiger partial charge in [-0.3, -0.25) is 4.91 Å². The largest absolute Gasteiger partial charge is 1.00 e. The minimum atomic E-state index is 0. The molecule has 8 aromatic heterocycles. The van der Waals surface area contributed by atoms with Crippen molar-refractivity contribution in [2.24, 2.45) is 0 Å². The molecule has 19 nitrogen and oxygen atoms in total. The Balaban J connectivity index is 0.000000191. The number of hydrogen-bond donors (Lipinski definition) is 2. The number of rotatable bonds is 8. The molecule has 10 rings (SSSR count). The summed E-state index contributed by atoms with van der Waals surface area (Å²) >= 11 is 6.96. The maximum Gasteiger partial charge on any atom is 1.00 e. The summed E-state index contributed by atoms with van der Waals surface area (Å²) in [4.78, 5) is 29.3. The zero-order valence-corrected chi connectivity index (χ0v) is 40.4. The number of H-pyrrole nitrogens is 2. The van der Waals surface area contributed by atoms with E-state index in [1.54, 1.807) is 24.3 Å². The van der Waals surface area contributed by atoms with Crippen molar-refractivity contribution in [2.75, 3.05) is 0 Å². The number of aromatic nitrogens is 14. The van der Waals surface area contributed by atoms with E-state index < -0.39 is 0 Å². The first-order valence-corrected chi connectivity index (χ1v) is 21.1. The molecule has 0 saturated carbocycles. The molecular formula is C46H26Br2N19Na. The predicted molar refractivity (Wildman–Crippen MR) is 254 cm³/mol. The summed E-state index contributed by atoms with van der Waals surface area (Å²) in [6.45, 7) is 0. The zero-order chi connectivity index (χ0) is 46.5. The number of tetrazole rings is 2. The van der Waals surface area contributed by atoms with Crippen molar-refractivity contribution < 1.29 is 29.6 Å². The molecule has 2 N–H and O–H groups in total. The van der Waals surface area contributed by atoms with Crippen molar-refractivity contribution in [3.63, 3.8) is 0 Å². The molecule has 10 aromatic rings. The van der Waals surface area contributed by atoms with Crippen LogP contribution in [0.25, 0.3) is 107 Å². The van der Waals surface area contributed by atoms with Gasteiger partial charge in [-0.1, -0.05) is 80.4 Å². The van der Waals surface area contributed by atoms with Crippen molar-refractivity contribution in [3.8, 4) is 103 Å². The fourth-order valence-corrected chi connectivity index (χ4v) is 6.96. The molecule has 68 heavy (non-hydrogen) atoms. The van der Waals surface area contributed by atoms with Crippen LogP contribution < -0.4 is 29.6 Å². The minimum Gasteiger partial charge on any atom is -0.373 e. The van der Waals surface area contributed by atoms with Gasteiger partial charge in [0.1, 0.15) is 34.9 Å². The molecule has 0 saturated heterocycles. The van der Waals surface area contributed by atoms with Gasteiger partial charge in [-0.2, -0.15) is 21.0 Å². The second-order valence-electron chi connectivity index (χ2n) is 13.7. The summed E-state index contributed by atoms with van der Waals surface area (Å²) in [7, 11) is 0. The van der Waals surface area contributed by atoms with Gasteiger partial charge in [-0.25, -0.2) is 29.9 Å². The number of halogens is 2. The van der Waals surface area contributed by atoms with Crippen LogP contribution in [0.3, 0.4) is 0 Å². The van der Waals surface area contributed by atoms with E-state index in [1.807, 2.05) is 121 Å². The average Bonchev–Trinajstić information content (AvgIpc) is 4.14. The number of hydrogen-bond acceptors (Lipinski definition) is 14. The van der Waals surface area contributed by atoms with E-state index in [4.69, 9.17) is 31.0 Å². The quantitative estimate of drug-likeness (QED) is 0.0656. The SMILES string of the molecule is Brc1ccc(-c2cc(-c3cccc(-c4nn[nH]n4)n3)nc(-c3cccc(-c4nn[nH]n4)n3)c2)cc1.N#Cc1cccc(-c2cc(-c3ccc(Br)cc3)cc(-c3cccc(C#N)n3)n2)n1.[N-]=[N+]=[N-].[Na+]. The number of nitrogens with zero attached hydrogens (tertiary/aromatic N) is 17. The summed E-state index contributed by atoms with van der Waals surface area (Å²) in [5, 5.41) is 46.6. The molecule has 0 aliphatic carbocycles. The van der Waals surface area contributed by atoms with Crippen molar-refractivity contribution >= 4 is 31.9 Å². The Bertz CT molecular complexity index is 3270. The van der Waals surface area contributed by atoms with Gasteiger partial charge in [0, 0.05) is 8.95 Å². The van der Waals surface area contributed by atoms with Crippen molar-refractivity contribution in [2.45, 2.75) is 0 Å². The number of pyridine rings is 6. The average molecular weight is 1030 g/mol. The van der Waals surface area contributed by atoms with E-state index in [-0.39, 0.29) is 29.6 Å². The molecule has 320 valence electrons. The minimum absolute atomic E-state index is 0. The standard InChI is InChI=1S/C23H14BrN11.C23H12BrN5.N3.Na/c24-15-9-7-13(8-10-15)14-11-20(16-3-1-5-18(25-16)22-28-32-33-29-22)27-21(12-14)17-4-2-6-19(26-17)23-30-34-35-31-23;24-17-9-7-15(8-10-17)16-11-22(20-5-1-3-18(13-25)27-20)29-23(12-16)21-6-2-4-19(14-26)28-21;1-3-2;/h1-12H,(H,28,29,32,33)(H,30,31,34,35);1-12H;;/q;;-1;+1. The number of benzene rings is 2. The molecule has 0 unspecified atom stereocenters. The maximum atomic E-state index is 9.18. The molecular weight excluding hydrogens is 1000 g/mol. The first-order valence-electron chi connectivity index (χ1n) is 19.5. The topological polar surface area (TPSA) is 293 Å². The van der Waals surface area contributed by atoms with Crippen LogP contribution >= 0.6 is 31.9 Å². The Morgan fingerprint density at radius 2 is 0.721 bits per heavy atom. The Labute approximate surface area is 424 Å². The number of nitriles is 2. The van der Waals surface area contributed by atoms with Crippen LogP contribution in [0, 0.1) is 22.7 Å². The third-order valence-electron chi connectivity index (χ3n) is 9.43. The third kappa shape index (κ3) is 11.8. The van der Waals surface area contributed by atoms with E-state index >= 15 is 0 Å². The number of aromatic amines is 2. The molecule has 0 fully saturated rings. The molecule has 0 aliphatic heterocycles. The Morgan fingerprint density at radius 3 is 1.04 bits per heavy atom. The van der Waals surface area contributed by atoms with Crippen LogP contribution in [0.4, 0.5) is 0 Å². The molecule has 8 heterocycles. The van der Waals surface area contributed by atoms with Crippen molar-refractivity contribution in [1.29, 1.82) is 10.5 Å². The van der Waals surface area contributed by atoms with Crippen molar-refractivity contribution in [3.05, 3.63) is 182 Å². The van der Waals surface area contributed by atoms with E-state index in [9.17, 15) is 10.5 Å². The summed E-state index contributed by atoms with van der Waals surface area (Å²) in [6.07, 6.45) is 0. The van der Waals surface area contributed by atoms with Gasteiger partial charge in [-0.05, 0) is 130 Å². The molecule has 0 atom stereocenters. The van der Waals surface area contributed by atoms with Gasteiger partial charge in [0.25, 0.3) is 0 Å². The zero-order valence-electron chi connectivity index (χ0n) is 35.2. The van der Waals surface area contributed by atoms with Crippen LogP contribution in [-0.4, -0.2) is 71.2 Å². The Kier molecular flexibility index (Phi) is 16.0. The summed E-state index contributed by atoms with van der Waals surface area (Å²) in [6, 6.07) is 49.7. The second kappa shape index (κ2) is 22.8. The number of nitrogens with one attached hydrogen (secondary N) is 2. The van der Waals surface area contributed by atoms with Gasteiger partial charge in [-0.15, -0.1) is 20.4 Å². The third-order valence-corrected chi connectivity index (χ3v) is 10.5. The van der Waals surface area contributed by atoms with E-state index in [0.717, 1.165) is 31.2 Å². The summed E-state index contributed by atoms with van der Waals surface area (Å²) < 4.78 is 1.99. The summed E-state index contributed by atoms with van der Waals surface area (Å²) in [5.74, 6) is 0.816. The molecule has 0 spiro atoms. The fraction of sp³-hybridized carbons (Fsp3) is 0. The molecule has 2 aromatic carbocycles. The molecule has 22 heteroatoms. The van der Waals surface area contributed by atoms with Crippen LogP contribution in [0.1, 0.15) is 11.4 Å². The second-order valence-corrected chi connectivity index (χ2v) is 15.5. The normalized spacial score (nSPS) is 10.1. The van der Waals surface area contributed by atoms with E-state index in [1.165, 1.54) is 4.91 Å². The van der Waals surface area contributed by atoms with Crippen LogP contribution in [0.2, 0.25) is 0 Å². The van der Waals surface area contributed by atoms with Crippen molar-refractivity contribution in [1.82, 2.24) is 71.2 Å². The molecule has 0 radical (unpaired) electrons. The molecule has 0 aliphatic rings. The monoisotopic (exact) mass is 1030 g/mol. The first kappa shape index (κ1) is 47.7. The fourth-order valence-electron chi connectivity index (χ4n) is 6.43. The van der Waals surface area contributed by atoms with Crippen LogP contribution in [0.5, 0.6) is 0 Å². The van der Waals surface area contributed by atoms with Gasteiger partial charge in [0.2, 0.25) is 11.6 Å². The van der Waals surface area contributed by atoms with Gasteiger partial charge in [0.05, 0.1) is 45.6 Å². The van der Waals surface area contributed by atoms with Gasteiger partial charge in [0.15, 0.2) is 0 Å². The molecule has 0 amide bonds. The van der Waals surface area contributed by atoms with E-state index in [2.05, 4.69) is 95.2 Å². The first-order chi connectivity index (χ1) is 32.8. The Morgan fingerprint density at radius 1 is 0.412 bits per heavy atom. The predicted octanol–water partition coefficient (Wildman–Crippen LogP) is 7.24. The Hall–Kier alpha value is -8.27. The van der Waals surface area contributed by atoms with Crippen LogP contribution in [0.15, 0.2) is 155 Å². The van der Waals surface area contributed by atoms with Gasteiger partial charge >= 0.3 is 29.6 Å². The summed E-state index contributed by atoms with van der Waals surface area (Å²) in [5.41, 5.74) is 24.4. The smallest absolute Gasteiger partial charge is 0.373 e.